The molecule has 0 nitrogen and oxygen atoms in total. The van der Waals surface area contributed by atoms with Crippen LogP contribution in [0, 0.1) is 0 Å². The van der Waals surface area contributed by atoms with Crippen molar-refractivity contribution >= 4 is 0 Å². The van der Waals surface area contributed by atoms with Crippen LogP contribution in [0.3, 0.4) is 0 Å². The van der Waals surface area contributed by atoms with Crippen LogP contribution in [0.25, 0.3) is 0 Å². The fourth-order valence-electron chi connectivity index (χ4n) is 0.692. The van der Waals surface area contributed by atoms with Gasteiger partial charge in [-0.3, -0.25) is 0 Å². The molecule has 0 bridgehead atoms. The van der Waals surface area contributed by atoms with Crippen LogP contribution in [-0.2, 0) is 0 Å². The number of rotatable bonds is 3. The third-order valence-corrected chi connectivity index (χ3v) is 1.38. The van der Waals surface area contributed by atoms with Crippen LogP contribution in [0.1, 0.15) is 0 Å². The minimum atomic E-state index is 0.947. The Kier molecular flexibility index (Phi) is 1.72. The van der Waals surface area contributed by atoms with Gasteiger partial charge in [0.15, 0.2) is 0 Å². The molecule has 0 atom stereocenters. The summed E-state index contributed by atoms with van der Waals surface area (Å²) in [6, 6.07) is 0. The van der Waals surface area contributed by atoms with E-state index in [4.69, 9.17) is 0 Å². The van der Waals surface area contributed by atoms with Gasteiger partial charge in [-0.2, -0.15) is 0 Å². The van der Waals surface area contributed by atoms with Crippen molar-refractivity contribution in [2.45, 2.75) is 0 Å². The zero-order valence-corrected chi connectivity index (χ0v) is 5.93. The molecule has 1 aliphatic rings. The topological polar surface area (TPSA) is 0 Å². The van der Waals surface area contributed by atoms with Gasteiger partial charge >= 0.3 is 0 Å². The van der Waals surface area contributed by atoms with Gasteiger partial charge in [0.25, 0.3) is 0 Å². The van der Waals surface area contributed by atoms with Crippen LogP contribution in [0.4, 0.5) is 0 Å². The average Bonchev–Trinajstić information content (AvgIpc) is 2.67. The first-order valence-electron chi connectivity index (χ1n) is 3.15. The Morgan fingerprint density at radius 3 is 2.50 bits per heavy atom. The lowest BCUT2D eigenvalue weighted by Crippen LogP contribution is -1.64. The van der Waals surface area contributed by atoms with Crippen molar-refractivity contribution in [3.63, 3.8) is 0 Å². The Labute approximate surface area is 61.6 Å². The Bertz CT molecular complexity index is 249. The molecule has 0 aromatic rings. The Morgan fingerprint density at radius 2 is 2.10 bits per heavy atom. The molecule has 0 heteroatoms. The molecule has 0 radical (unpaired) electrons. The van der Waals surface area contributed by atoms with Gasteiger partial charge in [-0.05, 0) is 28.9 Å². The molecule has 1 aliphatic carbocycles. The summed E-state index contributed by atoms with van der Waals surface area (Å²) in [6.07, 6.45) is 7.62. The first-order valence-corrected chi connectivity index (χ1v) is 3.15. The SMILES string of the molecule is C=CC(=C)/C=C1C=C/1C=C. The quantitative estimate of drug-likeness (QED) is 0.515. The van der Waals surface area contributed by atoms with Crippen molar-refractivity contribution in [3.8, 4) is 0 Å². The van der Waals surface area contributed by atoms with E-state index in [0.29, 0.717) is 0 Å². The second-order valence-electron chi connectivity index (χ2n) is 2.18. The predicted octanol–water partition coefficient (Wildman–Crippen LogP) is 2.78. The van der Waals surface area contributed by atoms with Gasteiger partial charge in [0.1, 0.15) is 0 Å². The third-order valence-electron chi connectivity index (χ3n) is 1.38. The number of allylic oxidation sites excluding steroid dienone is 7. The van der Waals surface area contributed by atoms with Gasteiger partial charge in [-0.15, -0.1) is 0 Å². The van der Waals surface area contributed by atoms with Gasteiger partial charge in [0, 0.05) is 0 Å². The van der Waals surface area contributed by atoms with E-state index in [1.807, 2.05) is 12.2 Å². The van der Waals surface area contributed by atoms with Gasteiger partial charge < -0.3 is 0 Å². The van der Waals surface area contributed by atoms with Crippen LogP contribution < -0.4 is 0 Å². The summed E-state index contributed by atoms with van der Waals surface area (Å²) >= 11 is 0. The van der Waals surface area contributed by atoms with Crippen LogP contribution in [0.15, 0.2) is 60.8 Å². The molecule has 0 heterocycles. The van der Waals surface area contributed by atoms with E-state index < -0.39 is 0 Å². The highest BCUT2D eigenvalue weighted by Crippen LogP contribution is 2.29. The standard InChI is InChI=1S/C10H10/c1-4-8(3)6-10-7-9(10)5-2/h4-7H,1-3H2/b10-6-. The molecule has 0 N–H and O–H groups in total. The molecule has 0 spiro atoms. The summed E-state index contributed by atoms with van der Waals surface area (Å²) in [6.45, 7) is 11.0. The van der Waals surface area contributed by atoms with Crippen LogP contribution in [0.5, 0.6) is 0 Å². The van der Waals surface area contributed by atoms with E-state index in [1.54, 1.807) is 6.08 Å². The van der Waals surface area contributed by atoms with E-state index in [9.17, 15) is 0 Å². The molecule has 0 unspecified atom stereocenters. The van der Waals surface area contributed by atoms with Gasteiger partial charge in [0.2, 0.25) is 0 Å². The van der Waals surface area contributed by atoms with E-state index >= 15 is 0 Å². The van der Waals surface area contributed by atoms with E-state index in [2.05, 4.69) is 25.8 Å². The largest absolute Gasteiger partial charge is 0.0985 e. The normalized spacial score (nSPS) is 18.0. The highest BCUT2D eigenvalue weighted by Gasteiger charge is 2.10. The fourth-order valence-corrected chi connectivity index (χ4v) is 0.692. The molecule has 0 amide bonds. The molecular weight excluding hydrogens is 120 g/mol. The highest BCUT2D eigenvalue weighted by atomic mass is 14.1. The molecule has 10 heavy (non-hydrogen) atoms. The van der Waals surface area contributed by atoms with Crippen molar-refractivity contribution in [2.75, 3.05) is 0 Å². The molecule has 0 aromatic heterocycles. The molecule has 0 saturated heterocycles. The Balaban J connectivity index is 2.55. The van der Waals surface area contributed by atoms with E-state index in [1.165, 1.54) is 11.1 Å². The lowest BCUT2D eigenvalue weighted by atomic mass is 10.2. The summed E-state index contributed by atoms with van der Waals surface area (Å²) < 4.78 is 0. The van der Waals surface area contributed by atoms with Gasteiger partial charge in [-0.1, -0.05) is 31.9 Å². The molecule has 50 valence electrons. The zero-order chi connectivity index (χ0) is 7.56. The molecule has 0 fully saturated rings. The van der Waals surface area contributed by atoms with Gasteiger partial charge in [0.05, 0.1) is 0 Å². The molecule has 1 rings (SSSR count). The second kappa shape index (κ2) is 2.53. The van der Waals surface area contributed by atoms with E-state index in [0.717, 1.165) is 5.57 Å². The molecule has 0 saturated carbocycles. The van der Waals surface area contributed by atoms with Crippen molar-refractivity contribution in [2.24, 2.45) is 0 Å². The number of hydrogen-bond acceptors (Lipinski definition) is 0. The summed E-state index contributed by atoms with van der Waals surface area (Å²) in [5, 5.41) is 0. The van der Waals surface area contributed by atoms with Crippen LogP contribution >= 0.6 is 0 Å². The smallest absolute Gasteiger partial charge is 0.0172 e. The minimum absolute atomic E-state index is 0.947. The van der Waals surface area contributed by atoms with Crippen LogP contribution in [-0.4, -0.2) is 0 Å². The van der Waals surface area contributed by atoms with Crippen LogP contribution in [0.2, 0.25) is 0 Å². The maximum atomic E-state index is 3.76. The van der Waals surface area contributed by atoms with Crippen molar-refractivity contribution in [1.82, 2.24) is 0 Å². The first-order chi connectivity index (χ1) is 4.77. The summed E-state index contributed by atoms with van der Waals surface area (Å²) in [5.41, 5.74) is 3.38. The second-order valence-corrected chi connectivity index (χ2v) is 2.18. The fraction of sp³-hybridized carbons (Fsp3) is 0. The first kappa shape index (κ1) is 6.81. The predicted molar refractivity (Wildman–Crippen MR) is 45.7 cm³/mol. The Morgan fingerprint density at radius 1 is 1.40 bits per heavy atom. The van der Waals surface area contributed by atoms with E-state index in [-0.39, 0.29) is 0 Å². The molecular formula is C10H10. The average molecular weight is 130 g/mol. The monoisotopic (exact) mass is 130 g/mol. The van der Waals surface area contributed by atoms with Crippen molar-refractivity contribution in [1.29, 1.82) is 0 Å². The molecule has 0 aliphatic heterocycles. The minimum Gasteiger partial charge on any atom is -0.0985 e. The lowest BCUT2D eigenvalue weighted by Gasteiger charge is -1.83. The van der Waals surface area contributed by atoms with Crippen molar-refractivity contribution < 1.29 is 0 Å². The molecule has 0 aromatic carbocycles. The maximum Gasteiger partial charge on any atom is -0.0172 e. The summed E-state index contributed by atoms with van der Waals surface area (Å²) in [4.78, 5) is 0. The third kappa shape index (κ3) is 1.35. The number of hydrogen-bond donors (Lipinski definition) is 0. The van der Waals surface area contributed by atoms with Gasteiger partial charge in [-0.25, -0.2) is 0 Å². The lowest BCUT2D eigenvalue weighted by molar-refractivity contribution is 1.72. The summed E-state index contributed by atoms with van der Waals surface area (Å²) in [7, 11) is 0. The van der Waals surface area contributed by atoms with Crippen molar-refractivity contribution in [3.05, 3.63) is 60.8 Å². The zero-order valence-electron chi connectivity index (χ0n) is 5.93. The summed E-state index contributed by atoms with van der Waals surface area (Å²) in [5.74, 6) is 0. The maximum absolute atomic E-state index is 3.76. The highest BCUT2D eigenvalue weighted by molar-refractivity contribution is 5.64. The Hall–Kier alpha value is -1.30.